The first-order valence-electron chi connectivity index (χ1n) is 16.2. The van der Waals surface area contributed by atoms with Crippen molar-refractivity contribution in [3.63, 3.8) is 0 Å². The molecule has 1 fully saturated rings. The molecule has 1 heterocycles. The SMILES string of the molecule is Cc1cc(CO[Si](C)(C)C(C)(C)C)ccc1NC(=O)CCCc1ccc(-c2ccccc2)c(N(C(=O)O)C2CCN(C)CC2)c1. The Bertz CT molecular complexity index is 1460. The molecule has 2 amide bonds. The third-order valence-electron chi connectivity index (χ3n) is 9.51. The summed E-state index contributed by atoms with van der Waals surface area (Å²) in [4.78, 5) is 29.4. The Labute approximate surface area is 270 Å². The zero-order valence-electron chi connectivity index (χ0n) is 28.2. The van der Waals surface area contributed by atoms with Gasteiger partial charge in [0.15, 0.2) is 8.32 Å². The average Bonchev–Trinajstić information content (AvgIpc) is 2.98. The van der Waals surface area contributed by atoms with Crippen molar-refractivity contribution in [2.24, 2.45) is 0 Å². The van der Waals surface area contributed by atoms with Crippen molar-refractivity contribution in [1.82, 2.24) is 4.90 Å². The fourth-order valence-corrected chi connectivity index (χ4v) is 6.57. The van der Waals surface area contributed by atoms with Crippen LogP contribution in [0, 0.1) is 6.92 Å². The third-order valence-corrected chi connectivity index (χ3v) is 14.0. The molecule has 2 N–H and O–H groups in total. The monoisotopic (exact) mass is 629 g/mol. The lowest BCUT2D eigenvalue weighted by molar-refractivity contribution is -0.116. The zero-order chi connectivity index (χ0) is 32.8. The number of nitrogens with one attached hydrogen (secondary N) is 1. The van der Waals surface area contributed by atoms with Gasteiger partial charge in [0, 0.05) is 23.7 Å². The number of aryl methyl sites for hydroxylation is 2. The number of benzene rings is 3. The van der Waals surface area contributed by atoms with Gasteiger partial charge in [-0.05, 0) is 105 Å². The Morgan fingerprint density at radius 1 is 1.00 bits per heavy atom. The van der Waals surface area contributed by atoms with Crippen LogP contribution in [-0.4, -0.2) is 56.5 Å². The molecule has 0 radical (unpaired) electrons. The molecular formula is C37H51N3O4Si. The highest BCUT2D eigenvalue weighted by Crippen LogP contribution is 2.38. The van der Waals surface area contributed by atoms with Crippen molar-refractivity contribution in [2.45, 2.75) is 90.6 Å². The second kappa shape index (κ2) is 14.8. The van der Waals surface area contributed by atoms with Gasteiger partial charge in [-0.3, -0.25) is 9.69 Å². The highest BCUT2D eigenvalue weighted by atomic mass is 28.4. The van der Waals surface area contributed by atoms with Crippen LogP contribution in [0.15, 0.2) is 66.7 Å². The number of anilines is 2. The molecule has 45 heavy (non-hydrogen) atoms. The largest absolute Gasteiger partial charge is 0.465 e. The second-order valence-electron chi connectivity index (χ2n) is 14.0. The van der Waals surface area contributed by atoms with Crippen molar-refractivity contribution in [1.29, 1.82) is 0 Å². The fraction of sp³-hybridized carbons (Fsp3) is 0.459. The summed E-state index contributed by atoms with van der Waals surface area (Å²) in [5.74, 6) is -0.0250. The third kappa shape index (κ3) is 9.06. The lowest BCUT2D eigenvalue weighted by atomic mass is 9.96. The van der Waals surface area contributed by atoms with E-state index >= 15 is 0 Å². The number of nitrogens with zero attached hydrogens (tertiary/aromatic N) is 2. The molecule has 8 heteroatoms. The highest BCUT2D eigenvalue weighted by Gasteiger charge is 2.37. The minimum Gasteiger partial charge on any atom is -0.465 e. The normalized spacial score (nSPS) is 14.7. The van der Waals surface area contributed by atoms with Crippen molar-refractivity contribution in [3.05, 3.63) is 83.4 Å². The number of amides is 2. The van der Waals surface area contributed by atoms with E-state index in [-0.39, 0.29) is 17.0 Å². The van der Waals surface area contributed by atoms with Gasteiger partial charge in [-0.1, -0.05) is 75.4 Å². The Kier molecular flexibility index (Phi) is 11.3. The maximum atomic E-state index is 12.9. The number of hydrogen-bond acceptors (Lipinski definition) is 4. The first-order valence-corrected chi connectivity index (χ1v) is 19.1. The van der Waals surface area contributed by atoms with Gasteiger partial charge in [0.25, 0.3) is 0 Å². The molecule has 0 spiro atoms. The van der Waals surface area contributed by atoms with E-state index in [9.17, 15) is 14.7 Å². The maximum absolute atomic E-state index is 12.9. The Balaban J connectivity index is 1.41. The lowest BCUT2D eigenvalue weighted by Crippen LogP contribution is -2.46. The van der Waals surface area contributed by atoms with Crippen LogP contribution in [-0.2, 0) is 22.2 Å². The number of carboxylic acid groups (broad SMARTS) is 1. The van der Waals surface area contributed by atoms with E-state index in [1.807, 2.05) is 61.5 Å². The van der Waals surface area contributed by atoms with Gasteiger partial charge in [0.2, 0.25) is 5.91 Å². The topological polar surface area (TPSA) is 82.1 Å². The van der Waals surface area contributed by atoms with Gasteiger partial charge in [0.05, 0.1) is 12.3 Å². The second-order valence-corrected chi connectivity index (χ2v) is 18.8. The van der Waals surface area contributed by atoms with E-state index in [1.54, 1.807) is 4.90 Å². The lowest BCUT2D eigenvalue weighted by Gasteiger charge is -2.36. The van der Waals surface area contributed by atoms with Crippen molar-refractivity contribution < 1.29 is 19.1 Å². The van der Waals surface area contributed by atoms with E-state index in [0.717, 1.165) is 65.1 Å². The standard InChI is InChI=1S/C37H51N3O4Si/c1-27-24-29(26-44-45(6,7)37(2,3)4)17-19-33(27)38-35(41)15-11-12-28-16-18-32(30-13-9-8-10-14-30)34(25-28)40(36(42)43)31-20-22-39(5)23-21-31/h8-10,13-14,16-19,24-25,31H,11-12,15,20-23,26H2,1-7H3,(H,38,41)(H,42,43). The maximum Gasteiger partial charge on any atom is 0.412 e. The van der Waals surface area contributed by atoms with Crippen LogP contribution in [0.3, 0.4) is 0 Å². The van der Waals surface area contributed by atoms with Crippen LogP contribution in [0.25, 0.3) is 11.1 Å². The summed E-state index contributed by atoms with van der Waals surface area (Å²) >= 11 is 0. The van der Waals surface area contributed by atoms with Crippen LogP contribution in [0.1, 0.15) is 63.1 Å². The molecule has 4 rings (SSSR count). The zero-order valence-corrected chi connectivity index (χ0v) is 29.2. The summed E-state index contributed by atoms with van der Waals surface area (Å²) in [6, 6.07) is 22.1. The van der Waals surface area contributed by atoms with E-state index in [2.05, 4.69) is 63.3 Å². The highest BCUT2D eigenvalue weighted by molar-refractivity contribution is 6.74. The smallest absolute Gasteiger partial charge is 0.412 e. The molecule has 3 aromatic carbocycles. The molecule has 0 aromatic heterocycles. The predicted octanol–water partition coefficient (Wildman–Crippen LogP) is 8.72. The van der Waals surface area contributed by atoms with Crippen LogP contribution in [0.5, 0.6) is 0 Å². The van der Waals surface area contributed by atoms with Gasteiger partial charge in [-0.2, -0.15) is 0 Å². The first-order chi connectivity index (χ1) is 21.2. The van der Waals surface area contributed by atoms with E-state index in [4.69, 9.17) is 4.43 Å². The summed E-state index contributed by atoms with van der Waals surface area (Å²) in [5.41, 5.74) is 6.60. The summed E-state index contributed by atoms with van der Waals surface area (Å²) in [5, 5.41) is 13.6. The van der Waals surface area contributed by atoms with Crippen molar-refractivity contribution in [3.8, 4) is 11.1 Å². The molecule has 1 saturated heterocycles. The number of carbonyl (C=O) groups excluding carboxylic acids is 1. The molecule has 0 saturated carbocycles. The molecule has 1 aliphatic heterocycles. The molecular weight excluding hydrogens is 579 g/mol. The summed E-state index contributed by atoms with van der Waals surface area (Å²) in [7, 11) is 0.240. The summed E-state index contributed by atoms with van der Waals surface area (Å²) < 4.78 is 6.37. The predicted molar refractivity (Wildman–Crippen MR) is 188 cm³/mol. The van der Waals surface area contributed by atoms with Crippen LogP contribution in [0.4, 0.5) is 16.2 Å². The molecule has 242 valence electrons. The van der Waals surface area contributed by atoms with Gasteiger partial charge in [-0.25, -0.2) is 4.79 Å². The molecule has 0 atom stereocenters. The number of rotatable bonds is 11. The van der Waals surface area contributed by atoms with Gasteiger partial charge in [0.1, 0.15) is 0 Å². The van der Waals surface area contributed by atoms with Crippen molar-refractivity contribution in [2.75, 3.05) is 30.4 Å². The number of piperidine rings is 1. The Morgan fingerprint density at radius 2 is 1.67 bits per heavy atom. The molecule has 0 bridgehead atoms. The van der Waals surface area contributed by atoms with E-state index < -0.39 is 14.4 Å². The Morgan fingerprint density at radius 3 is 2.29 bits per heavy atom. The first kappa shape index (κ1) is 34.4. The summed E-state index contributed by atoms with van der Waals surface area (Å²) in [6.07, 6.45) is 2.39. The number of hydrogen-bond donors (Lipinski definition) is 2. The molecule has 1 aliphatic rings. The molecule has 3 aromatic rings. The fourth-order valence-electron chi connectivity index (χ4n) is 5.60. The Hall–Kier alpha value is -3.46. The number of likely N-dealkylation sites (tertiary alicyclic amines) is 1. The molecule has 0 aliphatic carbocycles. The average molecular weight is 630 g/mol. The molecule has 7 nitrogen and oxygen atoms in total. The van der Waals surface area contributed by atoms with Crippen LogP contribution < -0.4 is 10.2 Å². The van der Waals surface area contributed by atoms with Gasteiger partial charge in [-0.15, -0.1) is 0 Å². The van der Waals surface area contributed by atoms with E-state index in [0.29, 0.717) is 25.9 Å². The molecule has 0 unspecified atom stereocenters. The quantitative estimate of drug-likeness (QED) is 0.207. The minimum absolute atomic E-state index is 0.0250. The van der Waals surface area contributed by atoms with E-state index in [1.165, 1.54) is 0 Å². The number of carbonyl (C=O) groups is 2. The summed E-state index contributed by atoms with van der Waals surface area (Å²) in [6.45, 7) is 15.6. The van der Waals surface area contributed by atoms with Crippen LogP contribution in [0.2, 0.25) is 18.1 Å². The van der Waals surface area contributed by atoms with Crippen LogP contribution >= 0.6 is 0 Å². The van der Waals surface area contributed by atoms with Crippen molar-refractivity contribution >= 4 is 31.7 Å². The van der Waals surface area contributed by atoms with Gasteiger partial charge < -0.3 is 19.7 Å². The van der Waals surface area contributed by atoms with Gasteiger partial charge >= 0.3 is 6.09 Å². The minimum atomic E-state index is -1.84.